The summed E-state index contributed by atoms with van der Waals surface area (Å²) in [6.45, 7) is -0.0328. The SMILES string of the molecule is OCc1ccc(-c2ccc(F)nc2)nc1. The minimum atomic E-state index is -0.509. The van der Waals surface area contributed by atoms with Crippen LogP contribution < -0.4 is 0 Å². The van der Waals surface area contributed by atoms with E-state index in [2.05, 4.69) is 9.97 Å². The third-order valence-electron chi connectivity index (χ3n) is 2.03. The van der Waals surface area contributed by atoms with Gasteiger partial charge in [0, 0.05) is 18.0 Å². The van der Waals surface area contributed by atoms with E-state index in [-0.39, 0.29) is 6.61 Å². The van der Waals surface area contributed by atoms with Crippen LogP contribution in [0.1, 0.15) is 5.56 Å². The quantitative estimate of drug-likeness (QED) is 0.758. The number of hydrogen-bond acceptors (Lipinski definition) is 3. The Bertz CT molecular complexity index is 439. The second-order valence-corrected chi connectivity index (χ2v) is 3.08. The van der Waals surface area contributed by atoms with Crippen molar-refractivity contribution < 1.29 is 9.50 Å². The van der Waals surface area contributed by atoms with E-state index >= 15 is 0 Å². The molecule has 0 atom stereocenters. The number of hydrogen-bond donors (Lipinski definition) is 1. The first kappa shape index (κ1) is 9.73. The first-order chi connectivity index (χ1) is 7.29. The van der Waals surface area contributed by atoms with Crippen LogP contribution in [0.25, 0.3) is 11.3 Å². The Labute approximate surface area is 86.3 Å². The molecular weight excluding hydrogens is 195 g/mol. The van der Waals surface area contributed by atoms with Crippen molar-refractivity contribution in [3.05, 3.63) is 48.2 Å². The number of aromatic nitrogens is 2. The molecule has 0 bridgehead atoms. The van der Waals surface area contributed by atoms with Crippen LogP contribution in [0.2, 0.25) is 0 Å². The normalized spacial score (nSPS) is 10.3. The summed E-state index contributed by atoms with van der Waals surface area (Å²) >= 11 is 0. The first-order valence-corrected chi connectivity index (χ1v) is 4.47. The molecule has 2 aromatic rings. The standard InChI is InChI=1S/C11H9FN2O/c12-11-4-2-9(6-14-11)10-3-1-8(7-15)5-13-10/h1-6,15H,7H2. The number of halogens is 1. The lowest BCUT2D eigenvalue weighted by Gasteiger charge is -2.00. The highest BCUT2D eigenvalue weighted by atomic mass is 19.1. The van der Waals surface area contributed by atoms with E-state index in [1.807, 2.05) is 0 Å². The van der Waals surface area contributed by atoms with Gasteiger partial charge >= 0.3 is 0 Å². The zero-order valence-electron chi connectivity index (χ0n) is 7.89. The predicted molar refractivity (Wildman–Crippen MR) is 53.3 cm³/mol. The fourth-order valence-electron chi connectivity index (χ4n) is 1.22. The topological polar surface area (TPSA) is 46.0 Å². The molecule has 76 valence electrons. The first-order valence-electron chi connectivity index (χ1n) is 4.47. The van der Waals surface area contributed by atoms with Crippen molar-refractivity contribution in [2.75, 3.05) is 0 Å². The van der Waals surface area contributed by atoms with Gasteiger partial charge in [-0.1, -0.05) is 6.07 Å². The van der Waals surface area contributed by atoms with Gasteiger partial charge in [-0.05, 0) is 23.8 Å². The molecular formula is C11H9FN2O. The van der Waals surface area contributed by atoms with E-state index in [4.69, 9.17) is 5.11 Å². The highest BCUT2D eigenvalue weighted by Crippen LogP contribution is 2.15. The van der Waals surface area contributed by atoms with Crippen molar-refractivity contribution in [1.82, 2.24) is 9.97 Å². The molecule has 2 rings (SSSR count). The van der Waals surface area contributed by atoms with Gasteiger partial charge in [0.25, 0.3) is 0 Å². The van der Waals surface area contributed by atoms with E-state index < -0.39 is 5.95 Å². The monoisotopic (exact) mass is 204 g/mol. The van der Waals surface area contributed by atoms with Crippen molar-refractivity contribution in [3.63, 3.8) is 0 Å². The van der Waals surface area contributed by atoms with E-state index in [1.165, 1.54) is 12.3 Å². The molecule has 0 spiro atoms. The smallest absolute Gasteiger partial charge is 0.212 e. The Balaban J connectivity index is 2.33. The van der Waals surface area contributed by atoms with Gasteiger partial charge in [-0.3, -0.25) is 4.98 Å². The van der Waals surface area contributed by atoms with Crippen molar-refractivity contribution in [2.45, 2.75) is 6.61 Å². The molecule has 0 saturated carbocycles. The van der Waals surface area contributed by atoms with E-state index in [1.54, 1.807) is 24.4 Å². The minimum absolute atomic E-state index is 0.0328. The van der Waals surface area contributed by atoms with Gasteiger partial charge < -0.3 is 5.11 Å². The maximum Gasteiger partial charge on any atom is 0.212 e. The lowest BCUT2D eigenvalue weighted by molar-refractivity contribution is 0.281. The molecule has 15 heavy (non-hydrogen) atoms. The summed E-state index contributed by atoms with van der Waals surface area (Å²) in [6.07, 6.45) is 3.01. The molecule has 0 aromatic carbocycles. The Morgan fingerprint density at radius 1 is 1.07 bits per heavy atom. The Morgan fingerprint density at radius 3 is 2.47 bits per heavy atom. The largest absolute Gasteiger partial charge is 0.392 e. The maximum absolute atomic E-state index is 12.6. The summed E-state index contributed by atoms with van der Waals surface area (Å²) in [5, 5.41) is 8.83. The van der Waals surface area contributed by atoms with Crippen LogP contribution >= 0.6 is 0 Å². The van der Waals surface area contributed by atoms with Crippen molar-refractivity contribution in [3.8, 4) is 11.3 Å². The Kier molecular flexibility index (Phi) is 2.69. The number of pyridine rings is 2. The lowest BCUT2D eigenvalue weighted by Crippen LogP contribution is -1.89. The van der Waals surface area contributed by atoms with Crippen LogP contribution in [0.4, 0.5) is 4.39 Å². The molecule has 0 aliphatic rings. The second-order valence-electron chi connectivity index (χ2n) is 3.08. The van der Waals surface area contributed by atoms with Crippen LogP contribution in [0.5, 0.6) is 0 Å². The highest BCUT2D eigenvalue weighted by Gasteiger charge is 2.00. The number of nitrogens with zero attached hydrogens (tertiary/aromatic N) is 2. The zero-order valence-corrected chi connectivity index (χ0v) is 7.89. The van der Waals surface area contributed by atoms with Crippen LogP contribution in [-0.4, -0.2) is 15.1 Å². The van der Waals surface area contributed by atoms with Crippen molar-refractivity contribution in [2.24, 2.45) is 0 Å². The minimum Gasteiger partial charge on any atom is -0.392 e. The fourth-order valence-corrected chi connectivity index (χ4v) is 1.22. The molecule has 0 radical (unpaired) electrons. The summed E-state index contributed by atoms with van der Waals surface area (Å²) in [4.78, 5) is 7.67. The molecule has 0 saturated heterocycles. The van der Waals surface area contributed by atoms with Gasteiger partial charge in [0.05, 0.1) is 12.3 Å². The molecule has 0 aliphatic heterocycles. The highest BCUT2D eigenvalue weighted by molar-refractivity contribution is 5.57. The van der Waals surface area contributed by atoms with Crippen LogP contribution in [-0.2, 0) is 6.61 Å². The summed E-state index contributed by atoms with van der Waals surface area (Å²) in [7, 11) is 0. The van der Waals surface area contributed by atoms with Gasteiger partial charge in [0.2, 0.25) is 5.95 Å². The van der Waals surface area contributed by atoms with Crippen LogP contribution in [0, 0.1) is 5.95 Å². The number of aliphatic hydroxyl groups is 1. The average Bonchev–Trinajstić information content (AvgIpc) is 2.30. The fraction of sp³-hybridized carbons (Fsp3) is 0.0909. The maximum atomic E-state index is 12.6. The second kappa shape index (κ2) is 4.14. The van der Waals surface area contributed by atoms with Gasteiger partial charge in [-0.25, -0.2) is 4.98 Å². The summed E-state index contributed by atoms with van der Waals surface area (Å²) in [5.74, 6) is -0.509. The third kappa shape index (κ3) is 2.16. The summed E-state index contributed by atoms with van der Waals surface area (Å²) < 4.78 is 12.6. The number of aliphatic hydroxyl groups excluding tert-OH is 1. The summed E-state index contributed by atoms with van der Waals surface area (Å²) in [5.41, 5.74) is 2.20. The van der Waals surface area contributed by atoms with Gasteiger partial charge in [0.15, 0.2) is 0 Å². The Hall–Kier alpha value is -1.81. The number of rotatable bonds is 2. The summed E-state index contributed by atoms with van der Waals surface area (Å²) in [6, 6.07) is 6.44. The molecule has 3 nitrogen and oxygen atoms in total. The Morgan fingerprint density at radius 2 is 1.93 bits per heavy atom. The van der Waals surface area contributed by atoms with Crippen molar-refractivity contribution in [1.29, 1.82) is 0 Å². The molecule has 4 heteroatoms. The van der Waals surface area contributed by atoms with Gasteiger partial charge in [0.1, 0.15) is 0 Å². The predicted octanol–water partition coefficient (Wildman–Crippen LogP) is 1.77. The van der Waals surface area contributed by atoms with Crippen LogP contribution in [0.15, 0.2) is 36.7 Å². The molecule has 0 amide bonds. The van der Waals surface area contributed by atoms with Gasteiger partial charge in [-0.15, -0.1) is 0 Å². The molecule has 2 aromatic heterocycles. The molecule has 2 heterocycles. The molecule has 0 unspecified atom stereocenters. The van der Waals surface area contributed by atoms with E-state index in [0.717, 1.165) is 11.1 Å². The molecule has 0 fully saturated rings. The zero-order chi connectivity index (χ0) is 10.7. The van der Waals surface area contributed by atoms with Crippen molar-refractivity contribution >= 4 is 0 Å². The average molecular weight is 204 g/mol. The van der Waals surface area contributed by atoms with E-state index in [0.29, 0.717) is 5.69 Å². The molecule has 1 N–H and O–H groups in total. The molecule has 0 aliphatic carbocycles. The van der Waals surface area contributed by atoms with E-state index in [9.17, 15) is 4.39 Å². The lowest BCUT2D eigenvalue weighted by atomic mass is 10.2. The van der Waals surface area contributed by atoms with Crippen LogP contribution in [0.3, 0.4) is 0 Å². The third-order valence-corrected chi connectivity index (χ3v) is 2.03. The van der Waals surface area contributed by atoms with Gasteiger partial charge in [-0.2, -0.15) is 4.39 Å².